The van der Waals surface area contributed by atoms with E-state index in [2.05, 4.69) is 58.8 Å². The van der Waals surface area contributed by atoms with Crippen molar-refractivity contribution in [1.82, 2.24) is 9.80 Å². The lowest BCUT2D eigenvalue weighted by Gasteiger charge is -2.30. The fourth-order valence-electron chi connectivity index (χ4n) is 4.21. The Balaban J connectivity index is 0.000000210. The van der Waals surface area contributed by atoms with Crippen LogP contribution in [0.15, 0.2) is 53.4 Å². The number of nitrogens with two attached hydrogens (primary N) is 2. The zero-order valence-electron chi connectivity index (χ0n) is 18.6. The van der Waals surface area contributed by atoms with Crippen molar-refractivity contribution in [2.75, 3.05) is 59.0 Å². The molecule has 0 radical (unpaired) electrons. The lowest BCUT2D eigenvalue weighted by atomic mass is 9.97. The summed E-state index contributed by atoms with van der Waals surface area (Å²) >= 11 is 4.35. The molecular weight excluding hydrogens is 404 g/mol. The predicted molar refractivity (Wildman–Crippen MR) is 132 cm³/mol. The first-order chi connectivity index (χ1) is 15.2. The third-order valence-corrected chi connectivity index (χ3v) is 6.48. The van der Waals surface area contributed by atoms with Crippen LogP contribution in [0, 0.1) is 5.92 Å². The molecule has 4 rings (SSSR count). The Kier molecular flexibility index (Phi) is 10.3. The van der Waals surface area contributed by atoms with E-state index >= 15 is 0 Å². The second kappa shape index (κ2) is 13.2. The first-order valence-corrected chi connectivity index (χ1v) is 11.9. The molecule has 2 aromatic rings. The Morgan fingerprint density at radius 1 is 0.871 bits per heavy atom. The minimum atomic E-state index is 0.768. The van der Waals surface area contributed by atoms with Gasteiger partial charge in [-0.15, -0.1) is 12.6 Å². The second-order valence-electron chi connectivity index (χ2n) is 8.40. The Labute approximate surface area is 193 Å². The Morgan fingerprint density at radius 3 is 2.19 bits per heavy atom. The van der Waals surface area contributed by atoms with Gasteiger partial charge in [-0.2, -0.15) is 0 Å². The van der Waals surface area contributed by atoms with E-state index in [1.54, 1.807) is 0 Å². The Morgan fingerprint density at radius 2 is 1.55 bits per heavy atom. The molecule has 0 atom stereocenters. The van der Waals surface area contributed by atoms with Crippen LogP contribution in [-0.2, 0) is 11.3 Å². The molecule has 5 nitrogen and oxygen atoms in total. The van der Waals surface area contributed by atoms with Gasteiger partial charge >= 0.3 is 0 Å². The minimum Gasteiger partial charge on any atom is -0.379 e. The molecule has 2 heterocycles. The molecule has 2 fully saturated rings. The van der Waals surface area contributed by atoms with Gasteiger partial charge in [0.25, 0.3) is 0 Å². The Bertz CT molecular complexity index is 756. The van der Waals surface area contributed by atoms with Crippen molar-refractivity contribution in [3.8, 4) is 11.1 Å². The van der Waals surface area contributed by atoms with Gasteiger partial charge in [0, 0.05) is 37.6 Å². The molecule has 0 bridgehead atoms. The summed E-state index contributed by atoms with van der Waals surface area (Å²) < 4.78 is 5.42. The van der Waals surface area contributed by atoms with Crippen molar-refractivity contribution in [1.29, 1.82) is 0 Å². The summed E-state index contributed by atoms with van der Waals surface area (Å²) in [7, 11) is 0. The van der Waals surface area contributed by atoms with Crippen molar-refractivity contribution in [2.24, 2.45) is 17.4 Å². The highest BCUT2D eigenvalue weighted by Gasteiger charge is 2.16. The maximum Gasteiger partial charge on any atom is 0.0594 e. The Hall–Kier alpha value is -1.41. The van der Waals surface area contributed by atoms with Crippen molar-refractivity contribution in [3.05, 3.63) is 54.1 Å². The van der Waals surface area contributed by atoms with Crippen LogP contribution >= 0.6 is 12.6 Å². The zero-order valence-corrected chi connectivity index (χ0v) is 19.5. The van der Waals surface area contributed by atoms with Gasteiger partial charge in [0.05, 0.1) is 13.2 Å². The molecular formula is C25H38N4OS. The summed E-state index contributed by atoms with van der Waals surface area (Å²) in [5, 5.41) is 0. The average molecular weight is 443 g/mol. The van der Waals surface area contributed by atoms with Gasteiger partial charge in [-0.05, 0) is 67.2 Å². The van der Waals surface area contributed by atoms with Gasteiger partial charge in [0.2, 0.25) is 0 Å². The maximum atomic E-state index is 5.58. The van der Waals surface area contributed by atoms with E-state index in [1.807, 2.05) is 12.1 Å². The third kappa shape index (κ3) is 7.90. The van der Waals surface area contributed by atoms with Gasteiger partial charge in [0.1, 0.15) is 0 Å². The van der Waals surface area contributed by atoms with Crippen molar-refractivity contribution in [3.63, 3.8) is 0 Å². The maximum absolute atomic E-state index is 5.58. The number of likely N-dealkylation sites (tertiary alicyclic amines) is 1. The normalized spacial score (nSPS) is 18.4. The molecule has 31 heavy (non-hydrogen) atoms. The first-order valence-electron chi connectivity index (χ1n) is 11.5. The highest BCUT2D eigenvalue weighted by Crippen LogP contribution is 2.26. The second-order valence-corrected chi connectivity index (χ2v) is 8.92. The van der Waals surface area contributed by atoms with Gasteiger partial charge in [0.15, 0.2) is 0 Å². The molecule has 2 aliphatic rings. The lowest BCUT2D eigenvalue weighted by Crippen LogP contribution is -2.38. The molecule has 0 amide bonds. The first kappa shape index (κ1) is 24.2. The minimum absolute atomic E-state index is 0.768. The van der Waals surface area contributed by atoms with Gasteiger partial charge < -0.3 is 21.1 Å². The number of hydrogen-bond donors (Lipinski definition) is 3. The molecule has 0 aliphatic carbocycles. The van der Waals surface area contributed by atoms with Gasteiger partial charge in [-0.1, -0.05) is 36.4 Å². The van der Waals surface area contributed by atoms with E-state index in [9.17, 15) is 0 Å². The number of ether oxygens (including phenoxy) is 1. The summed E-state index contributed by atoms with van der Waals surface area (Å²) in [6, 6.07) is 17.0. The SMILES string of the molecule is NCCN1CCC(CN)CC1.Sc1ccc(-c2ccccc2CN2CCOCC2)cc1. The average Bonchev–Trinajstić information content (AvgIpc) is 2.82. The number of thiol groups is 1. The highest BCUT2D eigenvalue weighted by atomic mass is 32.1. The number of morpholine rings is 1. The lowest BCUT2D eigenvalue weighted by molar-refractivity contribution is 0.0342. The summed E-state index contributed by atoms with van der Waals surface area (Å²) in [5.41, 5.74) is 15.0. The standard InChI is InChI=1S/C17H19NOS.C8H19N3/c20-16-7-5-14(6-8-16)17-4-2-1-3-15(17)13-18-9-11-19-12-10-18;9-3-6-11-4-1-8(7-10)2-5-11/h1-8,20H,9-13H2;8H,1-7,9-10H2. The molecule has 2 saturated heterocycles. The van der Waals surface area contributed by atoms with Gasteiger partial charge in [-0.25, -0.2) is 0 Å². The summed E-state index contributed by atoms with van der Waals surface area (Å²) in [6.07, 6.45) is 2.52. The molecule has 2 aliphatic heterocycles. The fourth-order valence-corrected chi connectivity index (χ4v) is 4.36. The third-order valence-electron chi connectivity index (χ3n) is 6.18. The predicted octanol–water partition coefficient (Wildman–Crippen LogP) is 3.09. The molecule has 2 aromatic carbocycles. The van der Waals surface area contributed by atoms with Crippen LogP contribution in [0.4, 0.5) is 0 Å². The molecule has 170 valence electrons. The molecule has 0 unspecified atom stereocenters. The molecule has 0 spiro atoms. The van der Waals surface area contributed by atoms with Crippen LogP contribution < -0.4 is 11.5 Å². The molecule has 6 heteroatoms. The van der Waals surface area contributed by atoms with Crippen molar-refractivity contribution in [2.45, 2.75) is 24.3 Å². The van der Waals surface area contributed by atoms with E-state index < -0.39 is 0 Å². The van der Waals surface area contributed by atoms with Crippen LogP contribution in [-0.4, -0.2) is 68.8 Å². The van der Waals surface area contributed by atoms with Crippen molar-refractivity contribution < 1.29 is 4.74 Å². The number of nitrogens with zero attached hydrogens (tertiary/aromatic N) is 2. The smallest absolute Gasteiger partial charge is 0.0594 e. The van der Waals surface area contributed by atoms with Crippen LogP contribution in [0.3, 0.4) is 0 Å². The van der Waals surface area contributed by atoms with Crippen LogP contribution in [0.5, 0.6) is 0 Å². The van der Waals surface area contributed by atoms with E-state index in [1.165, 1.54) is 42.6 Å². The van der Waals surface area contributed by atoms with Gasteiger partial charge in [-0.3, -0.25) is 4.90 Å². The van der Waals surface area contributed by atoms with E-state index in [0.29, 0.717) is 0 Å². The quantitative estimate of drug-likeness (QED) is 0.600. The number of rotatable bonds is 6. The topological polar surface area (TPSA) is 67.8 Å². The molecule has 0 saturated carbocycles. The number of hydrogen-bond acceptors (Lipinski definition) is 6. The number of benzene rings is 2. The number of piperidine rings is 1. The van der Waals surface area contributed by atoms with E-state index in [4.69, 9.17) is 16.2 Å². The summed E-state index contributed by atoms with van der Waals surface area (Å²) in [5.74, 6) is 0.768. The summed E-state index contributed by atoms with van der Waals surface area (Å²) in [4.78, 5) is 5.88. The van der Waals surface area contributed by atoms with E-state index in [0.717, 1.165) is 63.3 Å². The van der Waals surface area contributed by atoms with E-state index in [-0.39, 0.29) is 0 Å². The van der Waals surface area contributed by atoms with Crippen LogP contribution in [0.25, 0.3) is 11.1 Å². The zero-order chi connectivity index (χ0) is 21.9. The van der Waals surface area contributed by atoms with Crippen LogP contribution in [0.2, 0.25) is 0 Å². The monoisotopic (exact) mass is 442 g/mol. The highest BCUT2D eigenvalue weighted by molar-refractivity contribution is 7.80. The largest absolute Gasteiger partial charge is 0.379 e. The fraction of sp³-hybridized carbons (Fsp3) is 0.520. The summed E-state index contributed by atoms with van der Waals surface area (Å²) in [6.45, 7) is 9.79. The molecule has 0 aromatic heterocycles. The molecule has 4 N–H and O–H groups in total. The van der Waals surface area contributed by atoms with Crippen molar-refractivity contribution >= 4 is 12.6 Å². The van der Waals surface area contributed by atoms with Crippen LogP contribution in [0.1, 0.15) is 18.4 Å².